The molecule has 7 heteroatoms. The van der Waals surface area contributed by atoms with E-state index in [2.05, 4.69) is 0 Å². The van der Waals surface area contributed by atoms with Crippen molar-refractivity contribution < 1.29 is 18.3 Å². The summed E-state index contributed by atoms with van der Waals surface area (Å²) < 4.78 is 38.0. The summed E-state index contributed by atoms with van der Waals surface area (Å²) >= 11 is 5.75. The molecule has 0 unspecified atom stereocenters. The van der Waals surface area contributed by atoms with Gasteiger partial charge in [-0.05, 0) is 30.4 Å². The molecule has 1 aromatic carbocycles. The van der Waals surface area contributed by atoms with Crippen molar-refractivity contribution in [1.29, 1.82) is 0 Å². The van der Waals surface area contributed by atoms with E-state index in [-0.39, 0.29) is 23.9 Å². The molecule has 0 radical (unpaired) electrons. The molecule has 0 aliphatic heterocycles. The summed E-state index contributed by atoms with van der Waals surface area (Å²) in [5.41, 5.74) is 5.02. The molecule has 3 N–H and O–H groups in total. The minimum Gasteiger partial charge on any atom is -0.391 e. The van der Waals surface area contributed by atoms with Crippen LogP contribution in [0.25, 0.3) is 0 Å². The van der Waals surface area contributed by atoms with Gasteiger partial charge in [-0.3, -0.25) is 0 Å². The minimum absolute atomic E-state index is 0. The quantitative estimate of drug-likeness (QED) is 0.896. The number of nitrogens with two attached hydrogens (primary N) is 1. The number of aliphatic hydroxyl groups excluding tert-OH is 1. The number of hydrogen-bond donors (Lipinski definition) is 2. The van der Waals surface area contributed by atoms with Crippen molar-refractivity contribution in [3.8, 4) is 0 Å². The van der Waals surface area contributed by atoms with E-state index in [1.54, 1.807) is 0 Å². The number of rotatable bonds is 3. The zero-order chi connectivity index (χ0) is 13.5. The van der Waals surface area contributed by atoms with Gasteiger partial charge in [0, 0.05) is 0 Å². The molecule has 0 bridgehead atoms. The van der Waals surface area contributed by atoms with Gasteiger partial charge in [0.25, 0.3) is 0 Å². The van der Waals surface area contributed by atoms with Crippen molar-refractivity contribution in [1.82, 2.24) is 0 Å². The van der Waals surface area contributed by atoms with E-state index in [1.165, 1.54) is 12.1 Å². The molecular formula is C12H14Cl2F3NO. The average Bonchev–Trinajstić information content (AvgIpc) is 3.09. The lowest BCUT2D eigenvalue weighted by Crippen LogP contribution is -2.28. The Hall–Kier alpha value is -0.490. The van der Waals surface area contributed by atoms with Gasteiger partial charge in [0.2, 0.25) is 0 Å². The van der Waals surface area contributed by atoms with Crippen LogP contribution in [0.15, 0.2) is 18.2 Å². The summed E-state index contributed by atoms with van der Waals surface area (Å²) in [6.45, 7) is 0. The fraction of sp³-hybridized carbons (Fsp3) is 0.500. The molecule has 0 saturated heterocycles. The van der Waals surface area contributed by atoms with E-state index in [4.69, 9.17) is 17.3 Å². The Morgan fingerprint density at radius 3 is 2.37 bits per heavy atom. The second-order valence-corrected chi connectivity index (χ2v) is 4.94. The van der Waals surface area contributed by atoms with Gasteiger partial charge in [0.05, 0.1) is 22.7 Å². The summed E-state index contributed by atoms with van der Waals surface area (Å²) in [7, 11) is 0. The van der Waals surface area contributed by atoms with Crippen molar-refractivity contribution in [3.63, 3.8) is 0 Å². The topological polar surface area (TPSA) is 46.2 Å². The van der Waals surface area contributed by atoms with Crippen molar-refractivity contribution >= 4 is 24.0 Å². The monoisotopic (exact) mass is 315 g/mol. The molecule has 2 rings (SSSR count). The minimum atomic E-state index is -4.52. The molecule has 1 fully saturated rings. The van der Waals surface area contributed by atoms with Gasteiger partial charge in [-0.2, -0.15) is 13.2 Å². The maximum Gasteiger partial charge on any atom is 0.417 e. The lowest BCUT2D eigenvalue weighted by molar-refractivity contribution is -0.137. The molecule has 0 spiro atoms. The predicted molar refractivity (Wildman–Crippen MR) is 69.4 cm³/mol. The van der Waals surface area contributed by atoms with E-state index >= 15 is 0 Å². The Labute approximate surface area is 120 Å². The first kappa shape index (κ1) is 16.6. The molecule has 2 atom stereocenters. The van der Waals surface area contributed by atoms with Crippen LogP contribution >= 0.6 is 24.0 Å². The molecule has 19 heavy (non-hydrogen) atoms. The van der Waals surface area contributed by atoms with Crippen LogP contribution in [-0.2, 0) is 6.18 Å². The number of benzene rings is 1. The Morgan fingerprint density at radius 2 is 1.89 bits per heavy atom. The Balaban J connectivity index is 0.00000180. The van der Waals surface area contributed by atoms with Gasteiger partial charge in [-0.1, -0.05) is 23.7 Å². The van der Waals surface area contributed by atoms with E-state index in [1.807, 2.05) is 0 Å². The van der Waals surface area contributed by atoms with E-state index in [9.17, 15) is 18.3 Å². The van der Waals surface area contributed by atoms with Gasteiger partial charge in [-0.25, -0.2) is 0 Å². The number of alkyl halides is 3. The standard InChI is InChI=1S/C12H13ClF3NO.ClH/c13-9-7(10(17)11(18)6-4-5-6)2-1-3-8(9)12(14,15)16;/h1-3,6,10-11,18H,4-5,17H2;1H/t10-,11+;/m0./s1. The lowest BCUT2D eigenvalue weighted by Gasteiger charge is -2.21. The van der Waals surface area contributed by atoms with Gasteiger partial charge >= 0.3 is 6.18 Å². The highest BCUT2D eigenvalue weighted by atomic mass is 35.5. The molecule has 108 valence electrons. The summed E-state index contributed by atoms with van der Waals surface area (Å²) in [4.78, 5) is 0. The van der Waals surface area contributed by atoms with Crippen LogP contribution in [0.2, 0.25) is 5.02 Å². The van der Waals surface area contributed by atoms with Crippen molar-refractivity contribution in [2.75, 3.05) is 0 Å². The third kappa shape index (κ3) is 3.54. The predicted octanol–water partition coefficient (Wildman–Crippen LogP) is 3.55. The Bertz CT molecular complexity index is 449. The van der Waals surface area contributed by atoms with Crippen LogP contribution in [0.5, 0.6) is 0 Å². The molecule has 1 saturated carbocycles. The van der Waals surface area contributed by atoms with Crippen LogP contribution in [0.4, 0.5) is 13.2 Å². The smallest absolute Gasteiger partial charge is 0.391 e. The molecule has 2 nitrogen and oxygen atoms in total. The molecule has 0 aromatic heterocycles. The number of halogens is 5. The molecule has 1 aromatic rings. The fourth-order valence-electron chi connectivity index (χ4n) is 1.94. The van der Waals surface area contributed by atoms with Crippen LogP contribution < -0.4 is 5.73 Å². The largest absolute Gasteiger partial charge is 0.417 e. The first-order valence-corrected chi connectivity index (χ1v) is 5.99. The third-order valence-corrected chi connectivity index (χ3v) is 3.59. The Kier molecular flexibility index (Phi) is 5.12. The van der Waals surface area contributed by atoms with Gasteiger partial charge < -0.3 is 10.8 Å². The van der Waals surface area contributed by atoms with Crippen LogP contribution in [0.1, 0.15) is 30.0 Å². The number of aliphatic hydroxyl groups is 1. The van der Waals surface area contributed by atoms with Crippen molar-refractivity contribution in [2.24, 2.45) is 11.7 Å². The fourth-order valence-corrected chi connectivity index (χ4v) is 2.30. The van der Waals surface area contributed by atoms with E-state index in [0.717, 1.165) is 18.9 Å². The maximum absolute atomic E-state index is 12.7. The van der Waals surface area contributed by atoms with Crippen molar-refractivity contribution in [2.45, 2.75) is 31.2 Å². The summed E-state index contributed by atoms with van der Waals surface area (Å²) in [6, 6.07) is 2.70. The average molecular weight is 316 g/mol. The summed E-state index contributed by atoms with van der Waals surface area (Å²) in [5.74, 6) is 0.0746. The van der Waals surface area contributed by atoms with Crippen LogP contribution in [0, 0.1) is 5.92 Å². The first-order chi connectivity index (χ1) is 8.32. The SMILES string of the molecule is Cl.N[C@@H](c1cccc(C(F)(F)F)c1Cl)[C@H](O)C1CC1. The molecule has 1 aliphatic carbocycles. The second kappa shape index (κ2) is 5.87. The van der Waals surface area contributed by atoms with Gasteiger partial charge in [0.15, 0.2) is 0 Å². The molecule has 1 aliphatic rings. The molecule has 0 heterocycles. The van der Waals surface area contributed by atoms with Crippen LogP contribution in [-0.4, -0.2) is 11.2 Å². The zero-order valence-corrected chi connectivity index (χ0v) is 11.4. The van der Waals surface area contributed by atoms with Crippen molar-refractivity contribution in [3.05, 3.63) is 34.3 Å². The highest BCUT2D eigenvalue weighted by molar-refractivity contribution is 6.32. The zero-order valence-electron chi connectivity index (χ0n) is 9.82. The third-order valence-electron chi connectivity index (χ3n) is 3.17. The summed E-state index contributed by atoms with van der Waals surface area (Å²) in [5, 5.41) is 9.44. The first-order valence-electron chi connectivity index (χ1n) is 5.61. The Morgan fingerprint density at radius 1 is 1.32 bits per heavy atom. The van der Waals surface area contributed by atoms with Crippen LogP contribution in [0.3, 0.4) is 0 Å². The van der Waals surface area contributed by atoms with Gasteiger partial charge in [-0.15, -0.1) is 12.4 Å². The second-order valence-electron chi connectivity index (χ2n) is 4.56. The highest BCUT2D eigenvalue weighted by Crippen LogP contribution is 2.41. The van der Waals surface area contributed by atoms with Gasteiger partial charge in [0.1, 0.15) is 0 Å². The van der Waals surface area contributed by atoms with E-state index in [0.29, 0.717) is 0 Å². The van der Waals surface area contributed by atoms with E-state index < -0.39 is 28.9 Å². The number of hydrogen-bond acceptors (Lipinski definition) is 2. The normalized spacial score (nSPS) is 18.6. The highest BCUT2D eigenvalue weighted by Gasteiger charge is 2.38. The molecular weight excluding hydrogens is 302 g/mol. The summed E-state index contributed by atoms with van der Waals surface area (Å²) in [6.07, 6.45) is -3.65. The maximum atomic E-state index is 12.7. The lowest BCUT2D eigenvalue weighted by atomic mass is 9.97. The molecule has 0 amide bonds.